The molecule has 0 spiro atoms. The van der Waals surface area contributed by atoms with Crippen LogP contribution in [0.4, 0.5) is 0 Å². The van der Waals surface area contributed by atoms with Crippen molar-refractivity contribution in [2.45, 2.75) is 38.8 Å². The van der Waals surface area contributed by atoms with Gasteiger partial charge in [0.2, 0.25) is 0 Å². The van der Waals surface area contributed by atoms with Crippen molar-refractivity contribution in [3.8, 4) is 0 Å². The standard InChI is InChI=1S/C13H20N2O/c1-11-4-2-5-13(15-11)10-14-12-6-3-8-16-9-7-12/h2,4-5,12,14H,3,6-10H2,1H3. The van der Waals surface area contributed by atoms with E-state index in [1.807, 2.05) is 13.0 Å². The second-order valence-electron chi connectivity index (χ2n) is 4.39. The number of aromatic nitrogens is 1. The van der Waals surface area contributed by atoms with Crippen LogP contribution in [0.25, 0.3) is 0 Å². The highest BCUT2D eigenvalue weighted by molar-refractivity contribution is 5.09. The van der Waals surface area contributed by atoms with E-state index in [1.54, 1.807) is 0 Å². The number of rotatable bonds is 3. The van der Waals surface area contributed by atoms with Gasteiger partial charge in [0.1, 0.15) is 0 Å². The van der Waals surface area contributed by atoms with Gasteiger partial charge in [-0.15, -0.1) is 0 Å². The monoisotopic (exact) mass is 220 g/mol. The smallest absolute Gasteiger partial charge is 0.0544 e. The zero-order valence-electron chi connectivity index (χ0n) is 9.91. The Balaban J connectivity index is 1.81. The second kappa shape index (κ2) is 5.97. The molecule has 1 unspecified atom stereocenters. The summed E-state index contributed by atoms with van der Waals surface area (Å²) < 4.78 is 5.44. The van der Waals surface area contributed by atoms with Gasteiger partial charge in [0.25, 0.3) is 0 Å². The first-order valence-electron chi connectivity index (χ1n) is 6.08. The molecule has 2 heterocycles. The van der Waals surface area contributed by atoms with Crippen LogP contribution in [0.5, 0.6) is 0 Å². The highest BCUT2D eigenvalue weighted by atomic mass is 16.5. The van der Waals surface area contributed by atoms with E-state index >= 15 is 0 Å². The predicted octanol–water partition coefficient (Wildman–Crippen LogP) is 2.05. The fourth-order valence-electron chi connectivity index (χ4n) is 2.05. The lowest BCUT2D eigenvalue weighted by atomic mass is 10.1. The average molecular weight is 220 g/mol. The molecule has 0 amide bonds. The molecule has 0 aromatic carbocycles. The summed E-state index contributed by atoms with van der Waals surface area (Å²) in [5.74, 6) is 0. The van der Waals surface area contributed by atoms with Crippen LogP contribution in [0.2, 0.25) is 0 Å². The van der Waals surface area contributed by atoms with E-state index in [2.05, 4.69) is 22.4 Å². The highest BCUT2D eigenvalue weighted by Gasteiger charge is 2.11. The van der Waals surface area contributed by atoms with Crippen molar-refractivity contribution < 1.29 is 4.74 Å². The molecule has 0 saturated carbocycles. The van der Waals surface area contributed by atoms with Crippen molar-refractivity contribution in [2.75, 3.05) is 13.2 Å². The molecule has 1 fully saturated rings. The summed E-state index contributed by atoms with van der Waals surface area (Å²) in [7, 11) is 0. The fraction of sp³-hybridized carbons (Fsp3) is 0.615. The molecule has 1 aromatic rings. The van der Waals surface area contributed by atoms with Crippen LogP contribution in [0.1, 0.15) is 30.7 Å². The lowest BCUT2D eigenvalue weighted by Gasteiger charge is -2.15. The van der Waals surface area contributed by atoms with Gasteiger partial charge < -0.3 is 10.1 Å². The molecule has 0 aliphatic carbocycles. The Morgan fingerprint density at radius 1 is 1.38 bits per heavy atom. The number of nitrogens with zero attached hydrogens (tertiary/aromatic N) is 1. The van der Waals surface area contributed by atoms with Crippen LogP contribution in [0.15, 0.2) is 18.2 Å². The summed E-state index contributed by atoms with van der Waals surface area (Å²) in [5.41, 5.74) is 2.22. The van der Waals surface area contributed by atoms with E-state index in [0.717, 1.165) is 37.6 Å². The fourth-order valence-corrected chi connectivity index (χ4v) is 2.05. The highest BCUT2D eigenvalue weighted by Crippen LogP contribution is 2.09. The molecular weight excluding hydrogens is 200 g/mol. The molecule has 1 N–H and O–H groups in total. The topological polar surface area (TPSA) is 34.1 Å². The van der Waals surface area contributed by atoms with Crippen LogP contribution < -0.4 is 5.32 Å². The summed E-state index contributed by atoms with van der Waals surface area (Å²) in [6.45, 7) is 4.70. The number of hydrogen-bond donors (Lipinski definition) is 1. The Morgan fingerprint density at radius 2 is 2.31 bits per heavy atom. The van der Waals surface area contributed by atoms with Crippen LogP contribution in [-0.2, 0) is 11.3 Å². The van der Waals surface area contributed by atoms with Crippen molar-refractivity contribution in [2.24, 2.45) is 0 Å². The van der Waals surface area contributed by atoms with Gasteiger partial charge in [0.05, 0.1) is 5.69 Å². The van der Waals surface area contributed by atoms with Crippen molar-refractivity contribution in [3.63, 3.8) is 0 Å². The molecule has 16 heavy (non-hydrogen) atoms. The molecule has 3 nitrogen and oxygen atoms in total. The van der Waals surface area contributed by atoms with Crippen molar-refractivity contribution in [1.82, 2.24) is 10.3 Å². The van der Waals surface area contributed by atoms with Gasteiger partial charge in [-0.1, -0.05) is 6.07 Å². The summed E-state index contributed by atoms with van der Waals surface area (Å²) in [6, 6.07) is 6.76. The Hall–Kier alpha value is -0.930. The number of hydrogen-bond acceptors (Lipinski definition) is 3. The minimum Gasteiger partial charge on any atom is -0.381 e. The normalized spacial score (nSPS) is 21.7. The first kappa shape index (κ1) is 11.6. The molecule has 1 aliphatic rings. The molecule has 0 radical (unpaired) electrons. The zero-order valence-corrected chi connectivity index (χ0v) is 9.91. The van der Waals surface area contributed by atoms with E-state index in [0.29, 0.717) is 6.04 Å². The maximum absolute atomic E-state index is 5.44. The Kier molecular flexibility index (Phi) is 4.31. The molecule has 1 aliphatic heterocycles. The minimum atomic E-state index is 0.588. The number of pyridine rings is 1. The number of ether oxygens (including phenoxy) is 1. The van der Waals surface area contributed by atoms with E-state index in [9.17, 15) is 0 Å². The van der Waals surface area contributed by atoms with Gasteiger partial charge in [-0.05, 0) is 38.3 Å². The molecule has 1 aromatic heterocycles. The lowest BCUT2D eigenvalue weighted by Crippen LogP contribution is -2.29. The molecule has 88 valence electrons. The van der Waals surface area contributed by atoms with E-state index in [1.165, 1.54) is 12.8 Å². The minimum absolute atomic E-state index is 0.588. The summed E-state index contributed by atoms with van der Waals surface area (Å²) in [4.78, 5) is 4.49. The van der Waals surface area contributed by atoms with Crippen LogP contribution in [-0.4, -0.2) is 24.2 Å². The van der Waals surface area contributed by atoms with Gasteiger partial charge in [-0.2, -0.15) is 0 Å². The summed E-state index contributed by atoms with van der Waals surface area (Å²) in [6.07, 6.45) is 3.50. The lowest BCUT2D eigenvalue weighted by molar-refractivity contribution is 0.142. The number of nitrogens with one attached hydrogen (secondary N) is 1. The maximum Gasteiger partial charge on any atom is 0.0544 e. The molecule has 2 rings (SSSR count). The Morgan fingerprint density at radius 3 is 3.19 bits per heavy atom. The van der Waals surface area contributed by atoms with Crippen LogP contribution >= 0.6 is 0 Å². The third kappa shape index (κ3) is 3.58. The third-order valence-corrected chi connectivity index (χ3v) is 2.97. The molecular formula is C13H20N2O. The molecule has 1 atom stereocenters. The Bertz CT molecular complexity index is 319. The largest absolute Gasteiger partial charge is 0.381 e. The van der Waals surface area contributed by atoms with Gasteiger partial charge >= 0.3 is 0 Å². The van der Waals surface area contributed by atoms with Gasteiger partial charge in [-0.25, -0.2) is 0 Å². The number of aryl methyl sites for hydroxylation is 1. The zero-order chi connectivity index (χ0) is 11.2. The van der Waals surface area contributed by atoms with E-state index in [-0.39, 0.29) is 0 Å². The van der Waals surface area contributed by atoms with Crippen molar-refractivity contribution in [1.29, 1.82) is 0 Å². The summed E-state index contributed by atoms with van der Waals surface area (Å²) >= 11 is 0. The first-order valence-corrected chi connectivity index (χ1v) is 6.08. The van der Waals surface area contributed by atoms with Crippen LogP contribution in [0.3, 0.4) is 0 Å². The Labute approximate surface area is 97.2 Å². The predicted molar refractivity (Wildman–Crippen MR) is 64.3 cm³/mol. The maximum atomic E-state index is 5.44. The molecule has 1 saturated heterocycles. The quantitative estimate of drug-likeness (QED) is 0.846. The van der Waals surface area contributed by atoms with E-state index in [4.69, 9.17) is 4.74 Å². The first-order chi connectivity index (χ1) is 7.84. The second-order valence-corrected chi connectivity index (χ2v) is 4.39. The average Bonchev–Trinajstić information content (AvgIpc) is 2.55. The molecule has 0 bridgehead atoms. The van der Waals surface area contributed by atoms with Gasteiger partial charge in [0.15, 0.2) is 0 Å². The van der Waals surface area contributed by atoms with Crippen molar-refractivity contribution >= 4 is 0 Å². The SMILES string of the molecule is Cc1cccc(CNC2CCCOCC2)n1. The third-order valence-electron chi connectivity index (χ3n) is 2.97. The van der Waals surface area contributed by atoms with Gasteiger partial charge in [-0.3, -0.25) is 4.98 Å². The summed E-state index contributed by atoms with van der Waals surface area (Å²) in [5, 5.41) is 3.56. The van der Waals surface area contributed by atoms with Crippen LogP contribution in [0, 0.1) is 6.92 Å². The van der Waals surface area contributed by atoms with Crippen molar-refractivity contribution in [3.05, 3.63) is 29.6 Å². The molecule has 3 heteroatoms. The van der Waals surface area contributed by atoms with Gasteiger partial charge in [0, 0.05) is 31.5 Å². The van der Waals surface area contributed by atoms with E-state index < -0.39 is 0 Å².